The quantitative estimate of drug-likeness (QED) is 0.0361. The molecule has 0 aromatic heterocycles. The second kappa shape index (κ2) is 38.0. The summed E-state index contributed by atoms with van der Waals surface area (Å²) in [7, 11) is 0.810. The standard InChI is InChI=1S/C74H109N7O16S/c1-11-47(6)68(66(95-9)42-67(88)80-35-19-25-60(80)70(96-10)48(7)63(85)38-52(44-98(76,93)94)36-49-20-14-12-15-21-49)79(8)72(90)58(46(4)5)41-65(87)69-53-30-31-54(39-53)81(69)74(92)97-43-51-28-26-50(27-29-51)37-64(86)59(24-18-34-77-73(75)91)78-71(89)57(45(2)3)40-55(82)22-16-13-17-23-56-61(83)32-33-62(56)84/h12,14-15,20-21,26-29,32-33,45-48,52-54,56-60,66,68-70H,11,13,16-19,22-25,30-31,34-44H2,1-10H3,(H,78,89)(H3,75,77,91)(H2,76,93,94)/t47-,48-,52+,53-,54+,57-,58-,59-,60-,66+,68-,69-,70+/m0/s1. The molecule has 24 heteroatoms. The summed E-state index contributed by atoms with van der Waals surface area (Å²) in [5.41, 5.74) is 7.40. The molecular weight excluding hydrogens is 1270 g/mol. The van der Waals surface area contributed by atoms with Crippen LogP contribution in [0.2, 0.25) is 0 Å². The van der Waals surface area contributed by atoms with Crippen LogP contribution in [0.25, 0.3) is 0 Å². The van der Waals surface area contributed by atoms with Crippen molar-refractivity contribution in [3.8, 4) is 0 Å². The second-order valence-corrected chi connectivity index (χ2v) is 30.3. The molecule has 2 aliphatic heterocycles. The van der Waals surface area contributed by atoms with E-state index >= 15 is 4.79 Å². The van der Waals surface area contributed by atoms with Gasteiger partial charge >= 0.3 is 12.1 Å². The first-order valence-corrected chi connectivity index (χ1v) is 37.1. The van der Waals surface area contributed by atoms with E-state index in [0.717, 1.165) is 12.0 Å². The number of hydrogen-bond donors (Lipinski definition) is 4. The zero-order chi connectivity index (χ0) is 72.1. The molecule has 0 unspecified atom stereocenters. The van der Waals surface area contributed by atoms with Gasteiger partial charge in [-0.2, -0.15) is 0 Å². The summed E-state index contributed by atoms with van der Waals surface area (Å²) >= 11 is 0. The van der Waals surface area contributed by atoms with Gasteiger partial charge in [0.2, 0.25) is 27.7 Å². The van der Waals surface area contributed by atoms with E-state index in [2.05, 4.69) is 10.6 Å². The lowest BCUT2D eigenvalue weighted by Crippen LogP contribution is -2.54. The summed E-state index contributed by atoms with van der Waals surface area (Å²) in [5, 5.41) is 10.9. The fraction of sp³-hybridized carbons (Fsp3) is 0.662. The summed E-state index contributed by atoms with van der Waals surface area (Å²) in [6.07, 6.45) is 7.39. The summed E-state index contributed by atoms with van der Waals surface area (Å²) in [5.74, 6) is -6.73. The van der Waals surface area contributed by atoms with E-state index in [-0.39, 0.29) is 140 Å². The molecule has 542 valence electrons. The number of piperidine rings is 1. The van der Waals surface area contributed by atoms with Crippen LogP contribution in [0.3, 0.4) is 0 Å². The monoisotopic (exact) mass is 1380 g/mol. The molecule has 1 saturated carbocycles. The number of nitrogens with zero attached hydrogens (tertiary/aromatic N) is 3. The molecule has 6 rings (SSSR count). The van der Waals surface area contributed by atoms with Crippen LogP contribution in [0.1, 0.15) is 174 Å². The van der Waals surface area contributed by atoms with Crippen molar-refractivity contribution in [2.24, 2.45) is 64.1 Å². The van der Waals surface area contributed by atoms with Gasteiger partial charge < -0.3 is 40.4 Å². The van der Waals surface area contributed by atoms with Gasteiger partial charge in [-0.05, 0) is 123 Å². The molecular formula is C74H109N7O16S. The minimum Gasteiger partial charge on any atom is -0.445 e. The molecule has 0 radical (unpaired) electrons. The van der Waals surface area contributed by atoms with Crippen molar-refractivity contribution in [3.63, 3.8) is 0 Å². The average molecular weight is 1380 g/mol. The number of sulfonamides is 1. The van der Waals surface area contributed by atoms with E-state index in [0.29, 0.717) is 88.3 Å². The molecule has 23 nitrogen and oxygen atoms in total. The van der Waals surface area contributed by atoms with Crippen molar-refractivity contribution < 1.29 is 75.4 Å². The maximum Gasteiger partial charge on any atom is 0.410 e. The minimum atomic E-state index is -3.90. The van der Waals surface area contributed by atoms with Gasteiger partial charge in [0.15, 0.2) is 23.1 Å². The van der Waals surface area contributed by atoms with Crippen LogP contribution in [0.15, 0.2) is 66.7 Å². The van der Waals surface area contributed by atoms with Gasteiger partial charge in [-0.3, -0.25) is 48.1 Å². The SMILES string of the molecule is CC[C@H](C)[C@@H]([C@@H](CC(=O)N1CCC[C@H]1[C@H](OC)[C@@H](C)C(=O)C[C@@H](Cc1ccccc1)CS(N)(=O)=O)OC)N(C)C(=O)[C@@H](CC(=O)[C@@H]1[C@H]2CC[C@H](C2)N1C(=O)OCc1ccc(CC(=O)[C@H](CCCNC(N)=O)NC(=O)[C@@H](CC(=O)CCCCCC2C(=O)C=CC2=O)C(C)C)cc1)C(C)C. The molecule has 2 saturated heterocycles. The van der Waals surface area contributed by atoms with E-state index < -0.39 is 94.0 Å². The van der Waals surface area contributed by atoms with E-state index in [1.54, 1.807) is 52.9 Å². The van der Waals surface area contributed by atoms with E-state index in [9.17, 15) is 56.4 Å². The fourth-order valence-corrected chi connectivity index (χ4v) is 16.1. The topological polar surface area (TPSA) is 335 Å². The molecule has 4 aliphatic rings. The number of likely N-dealkylation sites (tertiary alicyclic amines) is 2. The van der Waals surface area contributed by atoms with Crippen LogP contribution in [0, 0.1) is 53.3 Å². The van der Waals surface area contributed by atoms with Crippen molar-refractivity contribution in [1.29, 1.82) is 0 Å². The molecule has 13 atom stereocenters. The normalized spacial score (nSPS) is 20.5. The third-order valence-corrected chi connectivity index (χ3v) is 21.9. The predicted molar refractivity (Wildman–Crippen MR) is 370 cm³/mol. The second-order valence-electron chi connectivity index (χ2n) is 28.6. The number of unbranched alkanes of at least 4 members (excludes halogenated alkanes) is 2. The van der Waals surface area contributed by atoms with E-state index in [1.165, 1.54) is 26.4 Å². The number of primary amides is 1. The van der Waals surface area contributed by atoms with Crippen LogP contribution in [-0.2, 0) is 86.8 Å². The molecule has 2 aromatic rings. The number of likely N-dealkylation sites (N-methyl/N-ethyl adjacent to an activating group) is 1. The average Bonchev–Trinajstić information content (AvgIpc) is 1.60. The van der Waals surface area contributed by atoms with Gasteiger partial charge in [-0.25, -0.2) is 23.1 Å². The zero-order valence-electron chi connectivity index (χ0n) is 59.3. The van der Waals surface area contributed by atoms with E-state index in [4.69, 9.17) is 25.1 Å². The molecule has 2 heterocycles. The van der Waals surface area contributed by atoms with Crippen LogP contribution in [-0.4, -0.2) is 170 Å². The highest BCUT2D eigenvalue weighted by Gasteiger charge is 2.53. The summed E-state index contributed by atoms with van der Waals surface area (Å²) in [6.45, 7) is 13.6. The number of carbonyl (C=O) groups is 11. The summed E-state index contributed by atoms with van der Waals surface area (Å²) < 4.78 is 42.7. The van der Waals surface area contributed by atoms with Gasteiger partial charge in [0, 0.05) is 90.3 Å². The molecule has 98 heavy (non-hydrogen) atoms. The maximum absolute atomic E-state index is 15.0. The molecule has 0 spiro atoms. The number of urea groups is 1. The largest absolute Gasteiger partial charge is 0.445 e. The molecule has 2 aliphatic carbocycles. The number of methoxy groups -OCH3 is 2. The van der Waals surface area contributed by atoms with Crippen molar-refractivity contribution >= 4 is 74.6 Å². The Kier molecular flexibility index (Phi) is 31.0. The first-order chi connectivity index (χ1) is 46.5. The number of fused-ring (bicyclic) bond motifs is 2. The lowest BCUT2D eigenvalue weighted by molar-refractivity contribution is -0.149. The molecule has 2 aromatic carbocycles. The Morgan fingerprint density at radius 1 is 0.755 bits per heavy atom. The Balaban J connectivity index is 1.05. The third kappa shape index (κ3) is 22.8. The summed E-state index contributed by atoms with van der Waals surface area (Å²) in [6, 6.07) is 12.5. The number of rotatable bonds is 42. The number of amides is 6. The van der Waals surface area contributed by atoms with Gasteiger partial charge in [0.1, 0.15) is 18.2 Å². The third-order valence-electron chi connectivity index (χ3n) is 20.9. The highest BCUT2D eigenvalue weighted by Crippen LogP contribution is 2.44. The van der Waals surface area contributed by atoms with Crippen LogP contribution >= 0.6 is 0 Å². The Morgan fingerprint density at radius 2 is 1.42 bits per heavy atom. The Labute approximate surface area is 579 Å². The number of nitrogens with two attached hydrogens (primary N) is 2. The van der Waals surface area contributed by atoms with Crippen LogP contribution in [0.4, 0.5) is 9.59 Å². The number of ketones is 6. The van der Waals surface area contributed by atoms with Crippen molar-refractivity contribution in [3.05, 3.63) is 83.4 Å². The number of allylic oxidation sites excluding steroid dienone is 2. The lowest BCUT2D eigenvalue weighted by atomic mass is 9.83. The van der Waals surface area contributed by atoms with Crippen LogP contribution < -0.4 is 21.5 Å². The maximum atomic E-state index is 15.0. The Hall–Kier alpha value is -7.02. The molecule has 2 bridgehead atoms. The first kappa shape index (κ1) is 80.0. The number of Topliss-reactive ketones (excluding diaryl/α,β-unsaturated/α-hetero) is 4. The first-order valence-electron chi connectivity index (χ1n) is 35.3. The Bertz CT molecular complexity index is 3210. The minimum absolute atomic E-state index is 0.0248. The van der Waals surface area contributed by atoms with Gasteiger partial charge in [0.25, 0.3) is 0 Å². The van der Waals surface area contributed by atoms with Crippen LogP contribution in [0.5, 0.6) is 0 Å². The van der Waals surface area contributed by atoms with Crippen molar-refractivity contribution in [1.82, 2.24) is 25.3 Å². The van der Waals surface area contributed by atoms with Gasteiger partial charge in [-0.1, -0.05) is 122 Å². The zero-order valence-corrected chi connectivity index (χ0v) is 60.1. The number of nitrogens with one attached hydrogen (secondary N) is 2. The molecule has 6 N–H and O–H groups in total. The van der Waals surface area contributed by atoms with Crippen molar-refractivity contribution in [2.75, 3.05) is 40.1 Å². The highest BCUT2D eigenvalue weighted by atomic mass is 32.2. The number of hydrogen-bond acceptors (Lipinski definition) is 16. The fourth-order valence-electron chi connectivity index (χ4n) is 15.2. The lowest BCUT2D eigenvalue weighted by Gasteiger charge is -2.41. The number of benzene rings is 2. The van der Waals surface area contributed by atoms with Gasteiger partial charge in [0.05, 0.1) is 54.5 Å². The van der Waals surface area contributed by atoms with E-state index in [1.807, 2.05) is 71.9 Å². The molecule has 6 amide bonds. The number of carbonyl (C=O) groups excluding carboxylic acids is 11. The Morgan fingerprint density at radius 3 is 2.03 bits per heavy atom. The predicted octanol–water partition coefficient (Wildman–Crippen LogP) is 7.99. The highest BCUT2D eigenvalue weighted by molar-refractivity contribution is 7.89. The number of primary sulfonamides is 1. The smallest absolute Gasteiger partial charge is 0.410 e. The number of ether oxygens (including phenoxy) is 3. The molecule has 3 fully saturated rings. The van der Waals surface area contributed by atoms with Gasteiger partial charge in [-0.15, -0.1) is 0 Å². The van der Waals surface area contributed by atoms with Crippen molar-refractivity contribution in [2.45, 2.75) is 219 Å². The summed E-state index contributed by atoms with van der Waals surface area (Å²) in [4.78, 5) is 154.